The van der Waals surface area contributed by atoms with Crippen molar-refractivity contribution < 1.29 is 26.7 Å². The number of sulfonamides is 1. The molecule has 2 aromatic rings. The van der Waals surface area contributed by atoms with Crippen molar-refractivity contribution in [3.8, 4) is 5.75 Å². The van der Waals surface area contributed by atoms with Gasteiger partial charge in [-0.1, -0.05) is 12.1 Å². The predicted molar refractivity (Wildman–Crippen MR) is 98.2 cm³/mol. The Labute approximate surface area is 162 Å². The molecule has 0 bridgehead atoms. The van der Waals surface area contributed by atoms with Gasteiger partial charge in [-0.15, -0.1) is 0 Å². The topological polar surface area (TPSA) is 66.9 Å². The Balaban J connectivity index is 1.60. The number of rotatable bonds is 5. The number of carbonyl (C=O) groups excluding carboxylic acids is 1. The number of carbonyl (C=O) groups is 1. The summed E-state index contributed by atoms with van der Waals surface area (Å²) < 4.78 is 58.7. The molecule has 1 heterocycles. The number of ether oxygens (including phenoxy) is 1. The van der Waals surface area contributed by atoms with Crippen LogP contribution in [0.2, 0.25) is 0 Å². The summed E-state index contributed by atoms with van der Waals surface area (Å²) in [5, 5.41) is 0. The van der Waals surface area contributed by atoms with Crippen molar-refractivity contribution in [2.24, 2.45) is 0 Å². The van der Waals surface area contributed by atoms with Gasteiger partial charge in [-0.2, -0.15) is 4.31 Å². The fourth-order valence-electron chi connectivity index (χ4n) is 2.97. The molecule has 0 aliphatic carbocycles. The summed E-state index contributed by atoms with van der Waals surface area (Å²) in [5.41, 5.74) is 0. The quantitative estimate of drug-likeness (QED) is 0.759. The lowest BCUT2D eigenvalue weighted by molar-refractivity contribution is -0.139. The number of benzene rings is 2. The zero-order valence-electron chi connectivity index (χ0n) is 15.2. The summed E-state index contributed by atoms with van der Waals surface area (Å²) in [4.78, 5) is 13.7. The van der Waals surface area contributed by atoms with Crippen LogP contribution < -0.4 is 4.74 Å². The van der Waals surface area contributed by atoms with Gasteiger partial charge in [-0.25, -0.2) is 17.2 Å². The third kappa shape index (κ3) is 4.31. The van der Waals surface area contributed by atoms with E-state index in [1.165, 1.54) is 51.7 Å². The highest BCUT2D eigenvalue weighted by Crippen LogP contribution is 2.21. The van der Waals surface area contributed by atoms with E-state index in [2.05, 4.69) is 0 Å². The average Bonchev–Trinajstić information content (AvgIpc) is 2.69. The summed E-state index contributed by atoms with van der Waals surface area (Å²) in [7, 11) is -3.96. The summed E-state index contributed by atoms with van der Waals surface area (Å²) in [5.74, 6) is -1.14. The molecule has 0 saturated carbocycles. The van der Waals surface area contributed by atoms with E-state index < -0.39 is 27.8 Å². The molecule has 1 amide bonds. The molecule has 1 saturated heterocycles. The summed E-state index contributed by atoms with van der Waals surface area (Å²) in [6, 6.07) is 10.5. The number of halogens is 2. The van der Waals surface area contributed by atoms with Gasteiger partial charge in [0.2, 0.25) is 10.0 Å². The largest absolute Gasteiger partial charge is 0.481 e. The van der Waals surface area contributed by atoms with Gasteiger partial charge in [0, 0.05) is 26.2 Å². The van der Waals surface area contributed by atoms with Crippen LogP contribution in [0.5, 0.6) is 5.75 Å². The Morgan fingerprint density at radius 3 is 2.21 bits per heavy atom. The number of piperazine rings is 1. The average molecular weight is 410 g/mol. The highest BCUT2D eigenvalue weighted by Gasteiger charge is 2.33. The molecule has 0 aromatic heterocycles. The second-order valence-electron chi connectivity index (χ2n) is 6.37. The molecule has 1 aliphatic heterocycles. The molecule has 1 atom stereocenters. The third-order valence-corrected chi connectivity index (χ3v) is 6.41. The van der Waals surface area contributed by atoms with Crippen LogP contribution in [0.25, 0.3) is 0 Å². The van der Waals surface area contributed by atoms with Crippen molar-refractivity contribution in [3.05, 3.63) is 60.2 Å². The first-order valence-corrected chi connectivity index (χ1v) is 10.2. The van der Waals surface area contributed by atoms with Gasteiger partial charge in [0.05, 0.1) is 0 Å². The molecule has 0 spiro atoms. The van der Waals surface area contributed by atoms with Crippen molar-refractivity contribution in [2.45, 2.75) is 17.9 Å². The fourth-order valence-corrected chi connectivity index (χ4v) is 4.45. The summed E-state index contributed by atoms with van der Waals surface area (Å²) in [6.45, 7) is 2.04. The molecule has 6 nitrogen and oxygen atoms in total. The van der Waals surface area contributed by atoms with Gasteiger partial charge in [0.25, 0.3) is 5.91 Å². The van der Waals surface area contributed by atoms with Crippen LogP contribution in [-0.2, 0) is 14.8 Å². The van der Waals surface area contributed by atoms with E-state index in [9.17, 15) is 22.0 Å². The molecule has 2 aromatic carbocycles. The van der Waals surface area contributed by atoms with Gasteiger partial charge in [-0.3, -0.25) is 4.79 Å². The monoisotopic (exact) mass is 410 g/mol. The van der Waals surface area contributed by atoms with Gasteiger partial charge in [-0.05, 0) is 43.3 Å². The second kappa shape index (κ2) is 8.24. The smallest absolute Gasteiger partial charge is 0.263 e. The van der Waals surface area contributed by atoms with Crippen LogP contribution in [0.3, 0.4) is 0 Å². The van der Waals surface area contributed by atoms with Crippen molar-refractivity contribution in [1.29, 1.82) is 0 Å². The maximum atomic E-state index is 13.9. The molecular formula is C19H20F2N2O4S. The van der Waals surface area contributed by atoms with Crippen molar-refractivity contribution in [3.63, 3.8) is 0 Å². The lowest BCUT2D eigenvalue weighted by atomic mass is 10.2. The van der Waals surface area contributed by atoms with E-state index in [1.807, 2.05) is 0 Å². The van der Waals surface area contributed by atoms with Crippen LogP contribution in [0.4, 0.5) is 8.78 Å². The lowest BCUT2D eigenvalue weighted by Gasteiger charge is -2.35. The Hall–Kier alpha value is -2.52. The van der Waals surface area contributed by atoms with Gasteiger partial charge in [0.1, 0.15) is 22.3 Å². The number of hydrogen-bond acceptors (Lipinski definition) is 4. The van der Waals surface area contributed by atoms with Crippen LogP contribution >= 0.6 is 0 Å². The van der Waals surface area contributed by atoms with Crippen molar-refractivity contribution in [1.82, 2.24) is 9.21 Å². The third-order valence-electron chi connectivity index (χ3n) is 4.48. The minimum atomic E-state index is -3.96. The zero-order valence-corrected chi connectivity index (χ0v) is 16.0. The fraction of sp³-hybridized carbons (Fsp3) is 0.316. The van der Waals surface area contributed by atoms with E-state index in [0.29, 0.717) is 5.75 Å². The Kier molecular flexibility index (Phi) is 5.95. The van der Waals surface area contributed by atoms with Crippen LogP contribution in [0, 0.1) is 11.6 Å². The Morgan fingerprint density at radius 1 is 1.00 bits per heavy atom. The molecule has 0 radical (unpaired) electrons. The molecule has 1 unspecified atom stereocenters. The molecule has 150 valence electrons. The molecule has 1 fully saturated rings. The Bertz CT molecular complexity index is 943. The lowest BCUT2D eigenvalue weighted by Crippen LogP contribution is -2.53. The normalized spacial score (nSPS) is 16.6. The van der Waals surface area contributed by atoms with E-state index in [1.54, 1.807) is 6.92 Å². The zero-order chi connectivity index (χ0) is 20.3. The van der Waals surface area contributed by atoms with Crippen LogP contribution in [-0.4, -0.2) is 55.8 Å². The molecule has 1 aliphatic rings. The van der Waals surface area contributed by atoms with E-state index in [-0.39, 0.29) is 37.0 Å². The van der Waals surface area contributed by atoms with Gasteiger partial charge in [0.15, 0.2) is 6.10 Å². The minimum absolute atomic E-state index is 0.0612. The van der Waals surface area contributed by atoms with Crippen molar-refractivity contribution in [2.75, 3.05) is 26.2 Å². The first-order valence-electron chi connectivity index (χ1n) is 8.75. The molecule has 3 rings (SSSR count). The molecular weight excluding hydrogens is 390 g/mol. The highest BCUT2D eigenvalue weighted by molar-refractivity contribution is 7.89. The van der Waals surface area contributed by atoms with E-state index >= 15 is 0 Å². The maximum absolute atomic E-state index is 13.9. The number of hydrogen-bond donors (Lipinski definition) is 0. The second-order valence-corrected chi connectivity index (χ2v) is 8.28. The SMILES string of the molecule is CC(Oc1ccc(F)cc1)C(=O)N1CCN(S(=O)(=O)c2ccccc2F)CC1. The standard InChI is InChI=1S/C19H20F2N2O4S/c1-14(27-16-8-6-15(20)7-9-16)19(24)22-10-12-23(13-11-22)28(25,26)18-5-3-2-4-17(18)21/h2-9,14H,10-13H2,1H3. The number of amides is 1. The first-order chi connectivity index (χ1) is 13.3. The molecule has 9 heteroatoms. The van der Waals surface area contributed by atoms with Crippen molar-refractivity contribution >= 4 is 15.9 Å². The Morgan fingerprint density at radius 2 is 1.61 bits per heavy atom. The van der Waals surface area contributed by atoms with Gasteiger partial charge < -0.3 is 9.64 Å². The maximum Gasteiger partial charge on any atom is 0.263 e. The first kappa shape index (κ1) is 20.2. The number of nitrogens with zero attached hydrogens (tertiary/aromatic N) is 2. The van der Waals surface area contributed by atoms with E-state index in [0.717, 1.165) is 6.07 Å². The molecule has 0 N–H and O–H groups in total. The predicted octanol–water partition coefficient (Wildman–Crippen LogP) is 2.27. The summed E-state index contributed by atoms with van der Waals surface area (Å²) in [6.07, 6.45) is -0.805. The van der Waals surface area contributed by atoms with E-state index in [4.69, 9.17) is 4.74 Å². The minimum Gasteiger partial charge on any atom is -0.481 e. The molecule has 28 heavy (non-hydrogen) atoms. The van der Waals surface area contributed by atoms with Crippen LogP contribution in [0.1, 0.15) is 6.92 Å². The summed E-state index contributed by atoms with van der Waals surface area (Å²) >= 11 is 0. The highest BCUT2D eigenvalue weighted by atomic mass is 32.2. The van der Waals surface area contributed by atoms with Gasteiger partial charge >= 0.3 is 0 Å². The van der Waals surface area contributed by atoms with Crippen LogP contribution in [0.15, 0.2) is 53.4 Å².